The maximum Gasteiger partial charge on any atom is 0.573 e. The molecule has 0 spiro atoms. The van der Waals surface area contributed by atoms with Gasteiger partial charge in [-0.2, -0.15) is 0 Å². The molecule has 6 heteroatoms. The van der Waals surface area contributed by atoms with Gasteiger partial charge in [0.15, 0.2) is 0 Å². The van der Waals surface area contributed by atoms with Crippen molar-refractivity contribution in [3.8, 4) is 5.75 Å². The van der Waals surface area contributed by atoms with E-state index < -0.39 is 12.4 Å². The Kier molecular flexibility index (Phi) is 3.94. The maximum absolute atomic E-state index is 12.4. The molecule has 1 aromatic heterocycles. The van der Waals surface area contributed by atoms with Crippen molar-refractivity contribution >= 4 is 0 Å². The summed E-state index contributed by atoms with van der Waals surface area (Å²) in [7, 11) is 0. The Morgan fingerprint density at radius 2 is 1.85 bits per heavy atom. The Labute approximate surface area is 114 Å². The second-order valence-corrected chi connectivity index (χ2v) is 4.30. The Morgan fingerprint density at radius 3 is 2.50 bits per heavy atom. The Morgan fingerprint density at radius 1 is 1.15 bits per heavy atom. The third kappa shape index (κ3) is 3.27. The normalized spacial score (nSPS) is 13.1. The van der Waals surface area contributed by atoms with Crippen LogP contribution in [0.1, 0.15) is 22.7 Å². The number of para-hydroxylation sites is 1. The molecule has 2 N–H and O–H groups in total. The molecule has 1 atom stereocenters. The number of ether oxygens (including phenoxy) is 1. The highest BCUT2D eigenvalue weighted by Gasteiger charge is 2.32. The van der Waals surface area contributed by atoms with E-state index >= 15 is 0 Å². The van der Waals surface area contributed by atoms with Crippen LogP contribution in [0.3, 0.4) is 0 Å². The van der Waals surface area contributed by atoms with Gasteiger partial charge >= 0.3 is 6.36 Å². The smallest absolute Gasteiger partial charge is 0.405 e. The van der Waals surface area contributed by atoms with Gasteiger partial charge in [0, 0.05) is 18.0 Å². The molecule has 2 aromatic rings. The van der Waals surface area contributed by atoms with Gasteiger partial charge in [-0.3, -0.25) is 4.98 Å². The average Bonchev–Trinajstić information content (AvgIpc) is 2.37. The fourth-order valence-electron chi connectivity index (χ4n) is 1.92. The standard InChI is InChI=1S/C14H13F3N2O/c1-9-6-7-19-8-11(9)13(18)10-4-2-3-5-12(10)20-14(15,16)17/h2-8,13H,18H2,1H3. The van der Waals surface area contributed by atoms with E-state index in [1.54, 1.807) is 24.5 Å². The van der Waals surface area contributed by atoms with Crippen LogP contribution in [0, 0.1) is 6.92 Å². The molecule has 0 aliphatic carbocycles. The number of hydrogen-bond donors (Lipinski definition) is 1. The van der Waals surface area contributed by atoms with Crippen molar-refractivity contribution in [1.29, 1.82) is 0 Å². The summed E-state index contributed by atoms with van der Waals surface area (Å²) >= 11 is 0. The van der Waals surface area contributed by atoms with E-state index in [9.17, 15) is 13.2 Å². The fraction of sp³-hybridized carbons (Fsp3) is 0.214. The van der Waals surface area contributed by atoms with Gasteiger partial charge in [0.25, 0.3) is 0 Å². The van der Waals surface area contributed by atoms with Gasteiger partial charge in [-0.1, -0.05) is 18.2 Å². The molecule has 0 amide bonds. The van der Waals surface area contributed by atoms with Gasteiger partial charge in [0.2, 0.25) is 0 Å². The molecule has 0 radical (unpaired) electrons. The maximum atomic E-state index is 12.4. The quantitative estimate of drug-likeness (QED) is 0.939. The lowest BCUT2D eigenvalue weighted by Crippen LogP contribution is -2.21. The largest absolute Gasteiger partial charge is 0.573 e. The van der Waals surface area contributed by atoms with Crippen molar-refractivity contribution in [2.45, 2.75) is 19.3 Å². The first-order chi connectivity index (χ1) is 9.38. The monoisotopic (exact) mass is 282 g/mol. The van der Waals surface area contributed by atoms with E-state index in [0.29, 0.717) is 5.56 Å². The Balaban J connectivity index is 2.40. The molecule has 1 heterocycles. The number of aryl methyl sites for hydroxylation is 1. The molecule has 3 nitrogen and oxygen atoms in total. The van der Waals surface area contributed by atoms with E-state index in [1.807, 2.05) is 6.92 Å². The molecule has 0 aliphatic rings. The second-order valence-electron chi connectivity index (χ2n) is 4.30. The molecule has 106 valence electrons. The topological polar surface area (TPSA) is 48.1 Å². The van der Waals surface area contributed by atoms with Crippen molar-refractivity contribution in [3.05, 3.63) is 59.4 Å². The zero-order chi connectivity index (χ0) is 14.8. The van der Waals surface area contributed by atoms with E-state index in [0.717, 1.165) is 5.56 Å². The zero-order valence-electron chi connectivity index (χ0n) is 10.7. The average molecular weight is 282 g/mol. The molecule has 20 heavy (non-hydrogen) atoms. The van der Waals surface area contributed by atoms with Gasteiger partial charge in [0.1, 0.15) is 5.75 Å². The summed E-state index contributed by atoms with van der Waals surface area (Å²) in [5.41, 5.74) is 7.83. The summed E-state index contributed by atoms with van der Waals surface area (Å²) in [6, 6.07) is 6.86. The molecule has 0 aliphatic heterocycles. The lowest BCUT2D eigenvalue weighted by molar-refractivity contribution is -0.274. The van der Waals surface area contributed by atoms with Crippen LogP contribution in [-0.4, -0.2) is 11.3 Å². The van der Waals surface area contributed by atoms with E-state index in [-0.39, 0.29) is 11.3 Å². The summed E-state index contributed by atoms with van der Waals surface area (Å²) in [6.07, 6.45) is -1.60. The zero-order valence-corrected chi connectivity index (χ0v) is 10.7. The van der Waals surface area contributed by atoms with Crippen LogP contribution >= 0.6 is 0 Å². The van der Waals surface area contributed by atoms with Crippen molar-refractivity contribution in [3.63, 3.8) is 0 Å². The number of benzene rings is 1. The molecule has 0 saturated carbocycles. The molecule has 0 fully saturated rings. The molecule has 2 rings (SSSR count). The number of halogens is 3. The van der Waals surface area contributed by atoms with Crippen molar-refractivity contribution in [1.82, 2.24) is 4.98 Å². The van der Waals surface area contributed by atoms with Crippen LogP contribution in [0.4, 0.5) is 13.2 Å². The Bertz CT molecular complexity index is 599. The minimum Gasteiger partial charge on any atom is -0.405 e. The number of alkyl halides is 3. The molecule has 0 bridgehead atoms. The summed E-state index contributed by atoms with van der Waals surface area (Å²) in [5, 5.41) is 0. The molecular formula is C14H13F3N2O. The van der Waals surface area contributed by atoms with E-state index in [1.165, 1.54) is 18.2 Å². The van der Waals surface area contributed by atoms with Crippen LogP contribution in [0.2, 0.25) is 0 Å². The van der Waals surface area contributed by atoms with Gasteiger partial charge < -0.3 is 10.5 Å². The van der Waals surface area contributed by atoms with Crippen molar-refractivity contribution in [2.24, 2.45) is 5.73 Å². The highest BCUT2D eigenvalue weighted by molar-refractivity contribution is 5.42. The first-order valence-corrected chi connectivity index (χ1v) is 5.89. The molecule has 0 saturated heterocycles. The number of pyridine rings is 1. The van der Waals surface area contributed by atoms with Gasteiger partial charge in [-0.15, -0.1) is 13.2 Å². The van der Waals surface area contributed by atoms with Crippen molar-refractivity contribution < 1.29 is 17.9 Å². The molecular weight excluding hydrogens is 269 g/mol. The Hall–Kier alpha value is -2.08. The number of rotatable bonds is 3. The third-order valence-corrected chi connectivity index (χ3v) is 2.89. The first kappa shape index (κ1) is 14.3. The minimum absolute atomic E-state index is 0.265. The van der Waals surface area contributed by atoms with Gasteiger partial charge in [0.05, 0.1) is 6.04 Å². The lowest BCUT2D eigenvalue weighted by atomic mass is 9.97. The second kappa shape index (κ2) is 5.50. The van der Waals surface area contributed by atoms with Crippen LogP contribution in [-0.2, 0) is 0 Å². The number of nitrogens with two attached hydrogens (primary N) is 1. The van der Waals surface area contributed by atoms with Gasteiger partial charge in [-0.25, -0.2) is 0 Å². The highest BCUT2D eigenvalue weighted by Crippen LogP contribution is 2.32. The van der Waals surface area contributed by atoms with E-state index in [2.05, 4.69) is 9.72 Å². The number of aromatic nitrogens is 1. The first-order valence-electron chi connectivity index (χ1n) is 5.89. The summed E-state index contributed by atoms with van der Waals surface area (Å²) < 4.78 is 41.2. The minimum atomic E-state index is -4.75. The van der Waals surface area contributed by atoms with Gasteiger partial charge in [-0.05, 0) is 30.2 Å². The number of nitrogens with zero attached hydrogens (tertiary/aromatic N) is 1. The number of hydrogen-bond acceptors (Lipinski definition) is 3. The summed E-state index contributed by atoms with van der Waals surface area (Å²) in [6.45, 7) is 1.82. The van der Waals surface area contributed by atoms with Crippen LogP contribution in [0.25, 0.3) is 0 Å². The lowest BCUT2D eigenvalue weighted by Gasteiger charge is -2.19. The third-order valence-electron chi connectivity index (χ3n) is 2.89. The van der Waals surface area contributed by atoms with Crippen LogP contribution in [0.15, 0.2) is 42.7 Å². The van der Waals surface area contributed by atoms with E-state index in [4.69, 9.17) is 5.73 Å². The predicted octanol–water partition coefficient (Wildman–Crippen LogP) is 3.34. The summed E-state index contributed by atoms with van der Waals surface area (Å²) in [5.74, 6) is -0.296. The SMILES string of the molecule is Cc1ccncc1C(N)c1ccccc1OC(F)(F)F. The highest BCUT2D eigenvalue weighted by atomic mass is 19.4. The van der Waals surface area contributed by atoms with Crippen molar-refractivity contribution in [2.75, 3.05) is 0 Å². The van der Waals surface area contributed by atoms with Crippen LogP contribution in [0.5, 0.6) is 5.75 Å². The van der Waals surface area contributed by atoms with Crippen LogP contribution < -0.4 is 10.5 Å². The fourth-order valence-corrected chi connectivity index (χ4v) is 1.92. The molecule has 1 unspecified atom stereocenters. The predicted molar refractivity (Wildman–Crippen MR) is 68.1 cm³/mol. The molecule has 1 aromatic carbocycles. The summed E-state index contributed by atoms with van der Waals surface area (Å²) in [4.78, 5) is 3.95.